The second-order valence-electron chi connectivity index (χ2n) is 36.5. The van der Waals surface area contributed by atoms with Crippen LogP contribution in [0.1, 0.15) is 87.7 Å². The number of alkyl halides is 2. The lowest BCUT2D eigenvalue weighted by atomic mass is 9.72. The molecule has 8 aliphatic heterocycles. The first-order chi connectivity index (χ1) is 63.3. The molecule has 131 heavy (non-hydrogen) atoms. The van der Waals surface area contributed by atoms with E-state index in [-0.39, 0.29) is 92.0 Å². The molecule has 10 aromatic carbocycles. The molecule has 1 atom stereocenters. The van der Waals surface area contributed by atoms with Crippen LogP contribution in [0.4, 0.5) is 49.1 Å². The van der Waals surface area contributed by atoms with Gasteiger partial charge >= 0.3 is 0 Å². The maximum absolute atomic E-state index is 15.2. The van der Waals surface area contributed by atoms with Crippen LogP contribution in [0, 0.1) is 23.3 Å². The highest BCUT2D eigenvalue weighted by molar-refractivity contribution is 6.12. The average Bonchev–Trinajstić information content (AvgIpc) is 1.55. The molecule has 9 aliphatic rings. The Morgan fingerprint density at radius 1 is 0.328 bits per heavy atom. The number of benzene rings is 10. The predicted octanol–water partition coefficient (Wildman–Crippen LogP) is 17.3. The van der Waals surface area contributed by atoms with Crippen LogP contribution in [-0.4, -0.2) is 147 Å². The normalized spacial score (nSPS) is 18.9. The maximum atomic E-state index is 15.2. The van der Waals surface area contributed by atoms with Gasteiger partial charge in [-0.25, -0.2) is 26.3 Å². The number of anilines is 4. The van der Waals surface area contributed by atoms with Crippen LogP contribution in [0.5, 0.6) is 0 Å². The number of carbonyl (C=O) groups excluding carboxylic acids is 4. The van der Waals surface area contributed by atoms with Gasteiger partial charge in [0.05, 0.1) is 51.0 Å². The van der Waals surface area contributed by atoms with Gasteiger partial charge in [-0.15, -0.1) is 0 Å². The maximum Gasteiger partial charge on any atom is 0.252 e. The molecular weight excluding hydrogens is 1660 g/mol. The lowest BCUT2D eigenvalue weighted by molar-refractivity contribution is -0.140. The highest BCUT2D eigenvalue weighted by Gasteiger charge is 2.63. The monoisotopic (exact) mass is 1760 g/mol. The van der Waals surface area contributed by atoms with Crippen molar-refractivity contribution in [2.75, 3.05) is 72.5 Å². The largest absolute Gasteiger partial charge is 0.307 e. The van der Waals surface area contributed by atoms with Crippen molar-refractivity contribution in [1.29, 1.82) is 0 Å². The quantitative estimate of drug-likeness (QED) is 0.0793. The van der Waals surface area contributed by atoms with Gasteiger partial charge in [0.15, 0.2) is 0 Å². The number of likely N-dealkylation sites (N-methyl/N-ethyl adjacent to an activating group) is 1. The van der Waals surface area contributed by atoms with Crippen molar-refractivity contribution in [3.63, 3.8) is 0 Å². The molecule has 26 heteroatoms. The lowest BCUT2D eigenvalue weighted by Crippen LogP contribution is -2.66. The Hall–Kier alpha value is -13.7. The van der Waals surface area contributed by atoms with Crippen molar-refractivity contribution < 1.29 is 45.5 Å². The molecule has 4 amide bonds. The van der Waals surface area contributed by atoms with Gasteiger partial charge in [0, 0.05) is 204 Å². The second-order valence-corrected chi connectivity index (χ2v) is 36.5. The van der Waals surface area contributed by atoms with Crippen molar-refractivity contribution in [2.45, 2.75) is 105 Å². The summed E-state index contributed by atoms with van der Waals surface area (Å²) in [6.45, 7) is 7.02. The second kappa shape index (κ2) is 34.0. The summed E-state index contributed by atoms with van der Waals surface area (Å²) in [5.74, 6) is -3.74. The van der Waals surface area contributed by atoms with E-state index in [0.29, 0.717) is 80.9 Å². The van der Waals surface area contributed by atoms with Gasteiger partial charge < -0.3 is 24.5 Å². The number of para-hydroxylation sites is 4. The fourth-order valence-corrected chi connectivity index (χ4v) is 21.1. The third kappa shape index (κ3) is 15.6. The summed E-state index contributed by atoms with van der Waals surface area (Å²) in [5.41, 5.74) is 16.1. The van der Waals surface area contributed by atoms with Crippen LogP contribution in [0.15, 0.2) is 280 Å². The zero-order valence-electron chi connectivity index (χ0n) is 73.4. The summed E-state index contributed by atoms with van der Waals surface area (Å²) < 4.78 is 94.3. The average molecular weight is 1760 g/mol. The van der Waals surface area contributed by atoms with Crippen LogP contribution < -0.4 is 19.6 Å². The summed E-state index contributed by atoms with van der Waals surface area (Å²) in [6.07, 6.45) is 15.7. The zero-order chi connectivity index (χ0) is 90.4. The first-order valence-corrected chi connectivity index (χ1v) is 44.4. The number of fused-ring (bicyclic) bond motifs is 8. The summed E-state index contributed by atoms with van der Waals surface area (Å²) >= 11 is 0. The van der Waals surface area contributed by atoms with Gasteiger partial charge in [-0.1, -0.05) is 182 Å². The lowest BCUT2D eigenvalue weighted by Gasteiger charge is -2.52. The van der Waals surface area contributed by atoms with Gasteiger partial charge in [-0.05, 0) is 125 Å². The van der Waals surface area contributed by atoms with E-state index in [1.165, 1.54) is 35.4 Å². The number of hydrogen-bond donors (Lipinski definition) is 0. The SMILES string of the molecule is CN1CC2(C1)C(=O)N(Cc1ccc(-c3cnn(C)c3)cc1F)c1ccccc12.Cn1cc(-c2ccc(CN3C(=O)C4(CCN4Cc4ccccc4)c4ccccc43)c(F)c2)cn1.Cn1cc(-c2ccc(CN3C(=O)C4(CN(C5CCC(F)(F)CC5)C4)c4ccccc43)c(F)c2)cn1.Cn1cc(-c2ccc(CN3C(=O)C4(CN(Cc5ccccc5)C4)c4ccccc43)c(F)c2)cn1. The number of likely N-dealkylation sites (tertiary alicyclic amines) is 4. The minimum Gasteiger partial charge on any atom is -0.307 e. The molecule has 664 valence electrons. The van der Waals surface area contributed by atoms with Crippen molar-refractivity contribution in [2.24, 2.45) is 28.2 Å². The van der Waals surface area contributed by atoms with Gasteiger partial charge in [-0.3, -0.25) is 52.6 Å². The van der Waals surface area contributed by atoms with Crippen LogP contribution in [0.25, 0.3) is 44.5 Å². The third-order valence-corrected chi connectivity index (χ3v) is 28.0. The molecule has 12 heterocycles. The molecule has 23 rings (SSSR count). The third-order valence-electron chi connectivity index (χ3n) is 28.0. The van der Waals surface area contributed by atoms with Crippen LogP contribution >= 0.6 is 0 Å². The summed E-state index contributed by atoms with van der Waals surface area (Å²) in [4.78, 5) is 70.5. The molecule has 20 nitrogen and oxygen atoms in total. The van der Waals surface area contributed by atoms with Crippen LogP contribution in [0.2, 0.25) is 0 Å². The minimum atomic E-state index is -2.57. The molecule has 0 radical (unpaired) electrons. The Morgan fingerprint density at radius 2 is 0.641 bits per heavy atom. The molecule has 4 aromatic heterocycles. The Balaban J connectivity index is 0.000000109. The number of aromatic nitrogens is 8. The van der Waals surface area contributed by atoms with Crippen molar-refractivity contribution in [1.82, 2.24) is 58.7 Å². The molecule has 4 saturated heterocycles. The van der Waals surface area contributed by atoms with Gasteiger partial charge in [0.1, 0.15) is 45.1 Å². The molecule has 1 unspecified atom stereocenters. The Morgan fingerprint density at radius 3 is 0.969 bits per heavy atom. The fraction of sp³-hybridized carbons (Fsp3) is 0.276. The molecule has 1 saturated carbocycles. The number of amides is 4. The van der Waals surface area contributed by atoms with Crippen LogP contribution in [0.3, 0.4) is 0 Å². The topological polar surface area (TPSA) is 165 Å². The van der Waals surface area contributed by atoms with Gasteiger partial charge in [0.25, 0.3) is 5.91 Å². The van der Waals surface area contributed by atoms with E-state index in [2.05, 4.69) is 70.3 Å². The van der Waals surface area contributed by atoms with E-state index in [9.17, 15) is 32.3 Å². The van der Waals surface area contributed by atoms with E-state index >= 15 is 13.2 Å². The highest BCUT2D eigenvalue weighted by Crippen LogP contribution is 2.55. The molecule has 14 aromatic rings. The fourth-order valence-electron chi connectivity index (χ4n) is 21.1. The van der Waals surface area contributed by atoms with Gasteiger partial charge in [-0.2, -0.15) is 20.4 Å². The van der Waals surface area contributed by atoms with Crippen LogP contribution in [-0.2, 0) is 108 Å². The Kier molecular flexibility index (Phi) is 22.2. The number of hydrogen-bond acceptors (Lipinski definition) is 12. The smallest absolute Gasteiger partial charge is 0.252 e. The molecule has 1 aliphatic carbocycles. The highest BCUT2D eigenvalue weighted by atomic mass is 19.3. The molecule has 0 N–H and O–H groups in total. The predicted molar refractivity (Wildman–Crippen MR) is 491 cm³/mol. The van der Waals surface area contributed by atoms with Gasteiger partial charge in [0.2, 0.25) is 23.6 Å². The number of halogens is 6. The summed E-state index contributed by atoms with van der Waals surface area (Å²) in [7, 11) is 9.33. The standard InChI is InChI=1S/2C28H25FN4O.C27H27F3N4O.C22H21FN4O/c1-31-16-23(14-30-31)21-11-12-22(25(29)13-21)17-33-26-10-6-5-9-24(26)28(27(33)34)18-32(19-28)15-20-7-3-2-4-8-20;1-31-18-23(16-30-31)21-11-12-22(25(29)15-21)19-33-26-10-6-5-9-24(26)28(27(33)34)13-14-32(28)17-20-7-3-2-4-8-20;1-32-14-20(13-31-32)18-6-7-19(23(28)12-18)15-34-24-5-3-2-4-22(24)26(25(34)35)16-33(17-26)21-8-10-27(29,30)11-9-21;1-25-13-22(14-25)18-5-3-4-6-20(18)27(21(22)28)12-16-8-7-15(9-19(16)23)17-10-24-26(2)11-17/h2-14,16H,15,17-19H2,1H3;2-12,15-16,18H,13-14,17,19H2,1H3;2-7,12-14,21H,8-11,15-17H2,1H3;3-11H,12-14H2,1-2H3. The molecule has 0 bridgehead atoms. The summed E-state index contributed by atoms with van der Waals surface area (Å²) in [6, 6.07) is 72.8. The van der Waals surface area contributed by atoms with E-state index in [4.69, 9.17) is 0 Å². The first kappa shape index (κ1) is 85.4. The molecular formula is C105H98F6N16O4. The van der Waals surface area contributed by atoms with E-state index < -0.39 is 27.7 Å². The minimum absolute atomic E-state index is 0.0339. The number of carbonyl (C=O) groups is 4. The molecule has 4 spiro atoms. The first-order valence-electron chi connectivity index (χ1n) is 44.4. The number of rotatable bonds is 17. The van der Waals surface area contributed by atoms with Crippen molar-refractivity contribution in [3.8, 4) is 44.5 Å². The van der Waals surface area contributed by atoms with Crippen molar-refractivity contribution in [3.05, 3.63) is 359 Å². The number of nitrogens with zero attached hydrogens (tertiary/aromatic N) is 16. The molecule has 5 fully saturated rings. The number of aryl methyl sites for hydroxylation is 4. The Labute approximate surface area is 755 Å². The Bertz CT molecular complexity index is 6720. The van der Waals surface area contributed by atoms with E-state index in [1.54, 1.807) is 87.4 Å². The van der Waals surface area contributed by atoms with E-state index in [0.717, 1.165) is 109 Å². The summed E-state index contributed by atoms with van der Waals surface area (Å²) in [5, 5.41) is 16.6. The van der Waals surface area contributed by atoms with E-state index in [1.807, 2.05) is 212 Å². The van der Waals surface area contributed by atoms with Crippen molar-refractivity contribution >= 4 is 46.4 Å². The zero-order valence-corrected chi connectivity index (χ0v) is 73.4.